The van der Waals surface area contributed by atoms with Crippen LogP contribution in [0.2, 0.25) is 0 Å². The number of halogens is 2. The molecular weight excluding hydrogens is 304 g/mol. The van der Waals surface area contributed by atoms with Crippen molar-refractivity contribution < 1.29 is 18.4 Å². The quantitative estimate of drug-likeness (QED) is 0.892. The summed E-state index contributed by atoms with van der Waals surface area (Å²) in [5.74, 6) is -1.05. The van der Waals surface area contributed by atoms with Crippen molar-refractivity contribution in [3.8, 4) is 0 Å². The van der Waals surface area contributed by atoms with Crippen LogP contribution in [0, 0.1) is 11.6 Å². The van der Waals surface area contributed by atoms with Gasteiger partial charge in [-0.1, -0.05) is 6.92 Å². The molecule has 0 saturated carbocycles. The van der Waals surface area contributed by atoms with Crippen molar-refractivity contribution in [1.82, 2.24) is 15.5 Å². The maximum absolute atomic E-state index is 13.8. The molecule has 126 valence electrons. The zero-order chi connectivity index (χ0) is 17.0. The van der Waals surface area contributed by atoms with Gasteiger partial charge in [0, 0.05) is 31.6 Å². The summed E-state index contributed by atoms with van der Waals surface area (Å²) in [6.45, 7) is 2.22. The Morgan fingerprint density at radius 1 is 1.43 bits per heavy atom. The molecule has 1 heterocycles. The Hall–Kier alpha value is -2.18. The van der Waals surface area contributed by atoms with Crippen LogP contribution in [0.3, 0.4) is 0 Å². The van der Waals surface area contributed by atoms with Crippen LogP contribution >= 0.6 is 0 Å². The molecule has 0 bridgehead atoms. The number of amides is 3. The third-order valence-corrected chi connectivity index (χ3v) is 4.01. The van der Waals surface area contributed by atoms with Gasteiger partial charge in [0.1, 0.15) is 11.6 Å². The maximum Gasteiger partial charge on any atom is 0.315 e. The van der Waals surface area contributed by atoms with Gasteiger partial charge in [-0.3, -0.25) is 4.79 Å². The van der Waals surface area contributed by atoms with Gasteiger partial charge in [0.25, 0.3) is 0 Å². The Morgan fingerprint density at radius 3 is 2.83 bits per heavy atom. The average molecular weight is 325 g/mol. The first kappa shape index (κ1) is 17.2. The summed E-state index contributed by atoms with van der Waals surface area (Å²) < 4.78 is 27.1. The minimum absolute atomic E-state index is 0.0525. The van der Waals surface area contributed by atoms with Crippen molar-refractivity contribution in [3.63, 3.8) is 0 Å². The molecule has 0 spiro atoms. The van der Waals surface area contributed by atoms with Gasteiger partial charge in [0.2, 0.25) is 5.91 Å². The van der Waals surface area contributed by atoms with Crippen molar-refractivity contribution in [3.05, 3.63) is 35.4 Å². The lowest BCUT2D eigenvalue weighted by atomic mass is 10.0. The van der Waals surface area contributed by atoms with E-state index >= 15 is 0 Å². The van der Waals surface area contributed by atoms with Gasteiger partial charge in [0.15, 0.2) is 0 Å². The summed E-state index contributed by atoms with van der Waals surface area (Å²) >= 11 is 0. The number of urea groups is 1. The van der Waals surface area contributed by atoms with Crippen LogP contribution in [0.4, 0.5) is 13.6 Å². The number of benzene rings is 1. The van der Waals surface area contributed by atoms with Crippen LogP contribution in [0.1, 0.15) is 37.8 Å². The highest BCUT2D eigenvalue weighted by Crippen LogP contribution is 2.21. The largest absolute Gasteiger partial charge is 0.344 e. The van der Waals surface area contributed by atoms with Crippen molar-refractivity contribution >= 4 is 11.9 Å². The van der Waals surface area contributed by atoms with Crippen LogP contribution in [0.5, 0.6) is 0 Å². The Bertz CT molecular complexity index is 595. The van der Waals surface area contributed by atoms with Crippen molar-refractivity contribution in [2.24, 2.45) is 0 Å². The number of nitrogens with one attached hydrogen (secondary N) is 2. The molecule has 0 unspecified atom stereocenters. The molecule has 2 rings (SSSR count). The van der Waals surface area contributed by atoms with E-state index in [1.165, 1.54) is 0 Å². The van der Waals surface area contributed by atoms with E-state index in [2.05, 4.69) is 10.6 Å². The van der Waals surface area contributed by atoms with Gasteiger partial charge >= 0.3 is 6.03 Å². The number of carbonyl (C=O) groups excluding carboxylic acids is 2. The zero-order valence-corrected chi connectivity index (χ0v) is 13.2. The molecule has 1 fully saturated rings. The number of hydrogen-bond acceptors (Lipinski definition) is 2. The fraction of sp³-hybridized carbons (Fsp3) is 0.500. The number of carbonyl (C=O) groups is 2. The molecule has 1 aromatic rings. The molecule has 0 radical (unpaired) electrons. The number of hydrogen-bond donors (Lipinski definition) is 2. The molecule has 1 aromatic carbocycles. The Kier molecular flexibility index (Phi) is 5.52. The monoisotopic (exact) mass is 325 g/mol. The second-order valence-corrected chi connectivity index (χ2v) is 5.75. The smallest absolute Gasteiger partial charge is 0.315 e. The van der Waals surface area contributed by atoms with E-state index in [0.717, 1.165) is 18.2 Å². The van der Waals surface area contributed by atoms with Gasteiger partial charge in [-0.25, -0.2) is 13.6 Å². The maximum atomic E-state index is 13.8. The third kappa shape index (κ3) is 4.40. The first-order chi connectivity index (χ1) is 10.9. The average Bonchev–Trinajstić information content (AvgIpc) is 2.51. The summed E-state index contributed by atoms with van der Waals surface area (Å²) in [5, 5.41) is 5.44. The summed E-state index contributed by atoms with van der Waals surface area (Å²) in [7, 11) is 1.69. The molecule has 0 aromatic heterocycles. The minimum Gasteiger partial charge on any atom is -0.344 e. The van der Waals surface area contributed by atoms with E-state index < -0.39 is 23.7 Å². The summed E-state index contributed by atoms with van der Waals surface area (Å²) in [4.78, 5) is 25.1. The van der Waals surface area contributed by atoms with E-state index in [4.69, 9.17) is 0 Å². The topological polar surface area (TPSA) is 61.4 Å². The number of piperidine rings is 1. The summed E-state index contributed by atoms with van der Waals surface area (Å²) in [6.07, 6.45) is 1.38. The predicted octanol–water partition coefficient (Wildman–Crippen LogP) is 2.34. The summed E-state index contributed by atoms with van der Waals surface area (Å²) in [6, 6.07) is 1.97. The van der Waals surface area contributed by atoms with Crippen LogP contribution in [0.25, 0.3) is 0 Å². The Morgan fingerprint density at radius 2 is 2.17 bits per heavy atom. The third-order valence-electron chi connectivity index (χ3n) is 4.01. The first-order valence-electron chi connectivity index (χ1n) is 7.66. The van der Waals surface area contributed by atoms with Gasteiger partial charge in [-0.05, 0) is 31.0 Å². The lowest BCUT2D eigenvalue weighted by Gasteiger charge is -2.30. The minimum atomic E-state index is -0.617. The Balaban J connectivity index is 1.97. The SMILES string of the molecule is CC[C@H](NC(=O)N[C@H]1CCC(=O)N(C)C1)c1cc(F)ccc1F. The molecule has 1 aliphatic rings. The van der Waals surface area contributed by atoms with Crippen LogP contribution < -0.4 is 10.6 Å². The predicted molar refractivity (Wildman–Crippen MR) is 81.7 cm³/mol. The molecule has 0 aliphatic carbocycles. The van der Waals surface area contributed by atoms with Crippen molar-refractivity contribution in [2.75, 3.05) is 13.6 Å². The van der Waals surface area contributed by atoms with E-state index in [1.807, 2.05) is 0 Å². The molecule has 2 N–H and O–H groups in total. The highest BCUT2D eigenvalue weighted by atomic mass is 19.1. The lowest BCUT2D eigenvalue weighted by Crippen LogP contribution is -2.51. The number of likely N-dealkylation sites (tertiary alicyclic amines) is 1. The molecule has 3 amide bonds. The van der Waals surface area contributed by atoms with Crippen molar-refractivity contribution in [2.45, 2.75) is 38.3 Å². The van der Waals surface area contributed by atoms with Crippen LogP contribution in [-0.4, -0.2) is 36.5 Å². The van der Waals surface area contributed by atoms with E-state index in [9.17, 15) is 18.4 Å². The number of rotatable bonds is 4. The fourth-order valence-electron chi connectivity index (χ4n) is 2.70. The van der Waals surface area contributed by atoms with Gasteiger partial charge in [-0.15, -0.1) is 0 Å². The fourth-order valence-corrected chi connectivity index (χ4v) is 2.70. The van der Waals surface area contributed by atoms with E-state index in [0.29, 0.717) is 25.8 Å². The standard InChI is InChI=1S/C16H21F2N3O2/c1-3-14(12-8-10(17)4-6-13(12)18)20-16(23)19-11-5-7-15(22)21(2)9-11/h4,6,8,11,14H,3,5,7,9H2,1-2H3,(H2,19,20,23)/t11-,14-/m0/s1. The normalized spacial score (nSPS) is 19.4. The highest BCUT2D eigenvalue weighted by molar-refractivity contribution is 5.78. The highest BCUT2D eigenvalue weighted by Gasteiger charge is 2.25. The molecule has 1 aliphatic heterocycles. The van der Waals surface area contributed by atoms with Gasteiger partial charge in [0.05, 0.1) is 6.04 Å². The molecule has 7 heteroatoms. The number of likely N-dealkylation sites (N-methyl/N-ethyl adjacent to an activating group) is 1. The molecular formula is C16H21F2N3O2. The van der Waals surface area contributed by atoms with E-state index in [-0.39, 0.29) is 17.5 Å². The zero-order valence-electron chi connectivity index (χ0n) is 13.2. The molecule has 1 saturated heterocycles. The van der Waals surface area contributed by atoms with Crippen molar-refractivity contribution in [1.29, 1.82) is 0 Å². The second-order valence-electron chi connectivity index (χ2n) is 5.75. The van der Waals surface area contributed by atoms with Crippen LogP contribution in [0.15, 0.2) is 18.2 Å². The Labute approximate surface area is 134 Å². The summed E-state index contributed by atoms with van der Waals surface area (Å²) in [5.41, 5.74) is 0.124. The molecule has 5 nitrogen and oxygen atoms in total. The first-order valence-corrected chi connectivity index (χ1v) is 7.66. The lowest BCUT2D eigenvalue weighted by molar-refractivity contribution is -0.132. The van der Waals surface area contributed by atoms with Crippen LogP contribution in [-0.2, 0) is 4.79 Å². The molecule has 23 heavy (non-hydrogen) atoms. The number of nitrogens with zero attached hydrogens (tertiary/aromatic N) is 1. The molecule has 2 atom stereocenters. The van der Waals surface area contributed by atoms with Gasteiger partial charge in [-0.2, -0.15) is 0 Å². The van der Waals surface area contributed by atoms with E-state index in [1.54, 1.807) is 18.9 Å². The van der Waals surface area contributed by atoms with Gasteiger partial charge < -0.3 is 15.5 Å². The second kappa shape index (κ2) is 7.39.